The van der Waals surface area contributed by atoms with Crippen LogP contribution >= 0.6 is 0 Å². The summed E-state index contributed by atoms with van der Waals surface area (Å²) in [6.45, 7) is 0.338. The van der Waals surface area contributed by atoms with Gasteiger partial charge in [-0.25, -0.2) is 18.3 Å². The maximum atomic E-state index is 12.9. The lowest BCUT2D eigenvalue weighted by atomic mass is 10.0. The molecule has 0 amide bonds. The van der Waals surface area contributed by atoms with Gasteiger partial charge in [0, 0.05) is 30.3 Å². The predicted octanol–water partition coefficient (Wildman–Crippen LogP) is 4.01. The van der Waals surface area contributed by atoms with Crippen LogP contribution in [0.3, 0.4) is 0 Å². The van der Waals surface area contributed by atoms with Crippen LogP contribution in [0.15, 0.2) is 55.0 Å². The third kappa shape index (κ3) is 3.13. The zero-order chi connectivity index (χ0) is 17.4. The van der Waals surface area contributed by atoms with Crippen LogP contribution in [0.4, 0.5) is 14.7 Å². The molecule has 7 heteroatoms. The highest BCUT2D eigenvalue weighted by Crippen LogP contribution is 2.27. The lowest BCUT2D eigenvalue weighted by molar-refractivity contribution is 0.0365. The summed E-state index contributed by atoms with van der Waals surface area (Å²) in [6, 6.07) is 11.9. The normalized spacial score (nSPS) is 12.0. The number of rotatable bonds is 4. The molecule has 0 aliphatic rings. The molecular weight excluding hydrogens is 324 g/mol. The van der Waals surface area contributed by atoms with Crippen LogP contribution in [0, 0.1) is 0 Å². The number of nitrogens with one attached hydrogen (secondary N) is 1. The molecule has 0 atom stereocenters. The van der Waals surface area contributed by atoms with Crippen LogP contribution in [0.2, 0.25) is 0 Å². The van der Waals surface area contributed by atoms with Gasteiger partial charge in [-0.05, 0) is 29.8 Å². The lowest BCUT2D eigenvalue weighted by Crippen LogP contribution is -2.24. The summed E-state index contributed by atoms with van der Waals surface area (Å²) in [7, 11) is 0. The standard InChI is InChI=1S/C18H15F2N5/c1-18(19,20)11-23-17-22-10-16-14(6-8-25(16)24-17)12-4-5-15-13(9-12)3-2-7-21-15/h2-10H,11H2,1H3,(H,23,24). The molecule has 0 spiro atoms. The molecule has 0 aliphatic carbocycles. The van der Waals surface area contributed by atoms with Crippen molar-refractivity contribution in [2.75, 3.05) is 11.9 Å². The molecule has 5 nitrogen and oxygen atoms in total. The Kier molecular flexibility index (Phi) is 3.56. The van der Waals surface area contributed by atoms with Crippen molar-refractivity contribution in [1.82, 2.24) is 19.6 Å². The Morgan fingerprint density at radius 1 is 1.16 bits per heavy atom. The lowest BCUT2D eigenvalue weighted by Gasteiger charge is -2.11. The fourth-order valence-corrected chi connectivity index (χ4v) is 2.70. The molecule has 0 bridgehead atoms. The van der Waals surface area contributed by atoms with Gasteiger partial charge in [0.25, 0.3) is 5.92 Å². The van der Waals surface area contributed by atoms with Gasteiger partial charge < -0.3 is 5.32 Å². The number of aromatic nitrogens is 4. The van der Waals surface area contributed by atoms with Crippen LogP contribution in [-0.4, -0.2) is 32.0 Å². The third-order valence-corrected chi connectivity index (χ3v) is 3.89. The number of benzene rings is 1. The molecule has 1 N–H and O–H groups in total. The van der Waals surface area contributed by atoms with E-state index in [-0.39, 0.29) is 5.95 Å². The minimum absolute atomic E-state index is 0.166. The zero-order valence-electron chi connectivity index (χ0n) is 13.4. The first-order chi connectivity index (χ1) is 12.0. The summed E-state index contributed by atoms with van der Waals surface area (Å²) in [5.74, 6) is -2.65. The van der Waals surface area contributed by atoms with Gasteiger partial charge in [-0.15, -0.1) is 5.10 Å². The first kappa shape index (κ1) is 15.4. The Hall–Kier alpha value is -3.09. The van der Waals surface area contributed by atoms with Crippen molar-refractivity contribution < 1.29 is 8.78 Å². The quantitative estimate of drug-likeness (QED) is 0.610. The molecule has 4 rings (SSSR count). The summed E-state index contributed by atoms with van der Waals surface area (Å²) < 4.78 is 27.5. The molecule has 126 valence electrons. The van der Waals surface area contributed by atoms with Crippen molar-refractivity contribution in [2.45, 2.75) is 12.8 Å². The number of nitrogens with zero attached hydrogens (tertiary/aromatic N) is 4. The molecule has 3 heterocycles. The summed E-state index contributed by atoms with van der Waals surface area (Å²) in [5, 5.41) is 7.83. The van der Waals surface area contributed by atoms with Crippen molar-refractivity contribution in [3.63, 3.8) is 0 Å². The van der Waals surface area contributed by atoms with Gasteiger partial charge in [0.15, 0.2) is 0 Å². The van der Waals surface area contributed by atoms with Crippen LogP contribution in [0.1, 0.15) is 6.92 Å². The molecule has 0 saturated heterocycles. The minimum Gasteiger partial charge on any atom is -0.347 e. The van der Waals surface area contributed by atoms with Crippen LogP contribution in [-0.2, 0) is 0 Å². The van der Waals surface area contributed by atoms with E-state index in [1.807, 2.05) is 30.3 Å². The van der Waals surface area contributed by atoms with E-state index in [1.165, 1.54) is 0 Å². The van der Waals surface area contributed by atoms with Crippen molar-refractivity contribution in [3.8, 4) is 11.1 Å². The molecule has 0 unspecified atom stereocenters. The highest BCUT2D eigenvalue weighted by atomic mass is 19.3. The van der Waals surface area contributed by atoms with Gasteiger partial charge in [-0.2, -0.15) is 0 Å². The van der Waals surface area contributed by atoms with Crippen molar-refractivity contribution in [2.24, 2.45) is 0 Å². The average molecular weight is 339 g/mol. The second kappa shape index (κ2) is 5.77. The Labute approximate surface area is 142 Å². The number of pyridine rings is 1. The smallest absolute Gasteiger partial charge is 0.262 e. The molecule has 4 aromatic rings. The second-order valence-corrected chi connectivity index (χ2v) is 5.98. The largest absolute Gasteiger partial charge is 0.347 e. The summed E-state index contributed by atoms with van der Waals surface area (Å²) in [4.78, 5) is 8.46. The van der Waals surface area contributed by atoms with Gasteiger partial charge in [-0.3, -0.25) is 4.98 Å². The number of halogens is 2. The van der Waals surface area contributed by atoms with Gasteiger partial charge in [0.05, 0.1) is 23.8 Å². The Balaban J connectivity index is 1.70. The Morgan fingerprint density at radius 2 is 2.04 bits per heavy atom. The predicted molar refractivity (Wildman–Crippen MR) is 92.8 cm³/mol. The SMILES string of the molecule is CC(F)(F)CNc1ncc2c(-c3ccc4ncccc4c3)ccn2n1. The van der Waals surface area contributed by atoms with Gasteiger partial charge >= 0.3 is 0 Å². The van der Waals surface area contributed by atoms with Crippen molar-refractivity contribution in [1.29, 1.82) is 0 Å². The van der Waals surface area contributed by atoms with Crippen molar-refractivity contribution >= 4 is 22.4 Å². The topological polar surface area (TPSA) is 55.1 Å². The monoisotopic (exact) mass is 339 g/mol. The average Bonchev–Trinajstić information content (AvgIpc) is 3.02. The number of alkyl halides is 2. The number of anilines is 1. The first-order valence-electron chi connectivity index (χ1n) is 7.81. The van der Waals surface area contributed by atoms with E-state index >= 15 is 0 Å². The van der Waals surface area contributed by atoms with E-state index in [1.54, 1.807) is 23.1 Å². The Morgan fingerprint density at radius 3 is 2.88 bits per heavy atom. The Bertz CT molecular complexity index is 1050. The van der Waals surface area contributed by atoms with E-state index in [0.717, 1.165) is 34.5 Å². The first-order valence-corrected chi connectivity index (χ1v) is 7.81. The van der Waals surface area contributed by atoms with Gasteiger partial charge in [0.2, 0.25) is 5.95 Å². The molecule has 0 saturated carbocycles. The third-order valence-electron chi connectivity index (χ3n) is 3.89. The number of fused-ring (bicyclic) bond motifs is 2. The molecule has 0 fully saturated rings. The van der Waals surface area contributed by atoms with Crippen LogP contribution < -0.4 is 5.32 Å². The molecule has 1 aromatic carbocycles. The van der Waals surface area contributed by atoms with E-state index < -0.39 is 12.5 Å². The van der Waals surface area contributed by atoms with E-state index in [2.05, 4.69) is 26.4 Å². The van der Waals surface area contributed by atoms with E-state index in [9.17, 15) is 8.78 Å². The van der Waals surface area contributed by atoms with Crippen molar-refractivity contribution in [3.05, 3.63) is 55.0 Å². The highest BCUT2D eigenvalue weighted by Gasteiger charge is 2.21. The molecule has 0 aliphatic heterocycles. The molecule has 3 aromatic heterocycles. The molecule has 25 heavy (non-hydrogen) atoms. The fourth-order valence-electron chi connectivity index (χ4n) is 2.70. The van der Waals surface area contributed by atoms with E-state index in [4.69, 9.17) is 0 Å². The van der Waals surface area contributed by atoms with E-state index in [0.29, 0.717) is 0 Å². The fraction of sp³-hybridized carbons (Fsp3) is 0.167. The van der Waals surface area contributed by atoms with Gasteiger partial charge in [0.1, 0.15) is 0 Å². The maximum absolute atomic E-state index is 12.9. The van der Waals surface area contributed by atoms with Gasteiger partial charge in [-0.1, -0.05) is 12.1 Å². The maximum Gasteiger partial charge on any atom is 0.262 e. The molecular formula is C18H15F2N5. The number of hydrogen-bond donors (Lipinski definition) is 1. The highest BCUT2D eigenvalue weighted by molar-refractivity contribution is 5.88. The minimum atomic E-state index is -2.82. The van der Waals surface area contributed by atoms with Crippen LogP contribution in [0.25, 0.3) is 27.5 Å². The number of hydrogen-bond acceptors (Lipinski definition) is 4. The zero-order valence-corrected chi connectivity index (χ0v) is 13.4. The summed E-state index contributed by atoms with van der Waals surface area (Å²) >= 11 is 0. The second-order valence-electron chi connectivity index (χ2n) is 5.98. The molecule has 0 radical (unpaired) electrons. The van der Waals surface area contributed by atoms with Crippen LogP contribution in [0.5, 0.6) is 0 Å². The summed E-state index contributed by atoms with van der Waals surface area (Å²) in [6.07, 6.45) is 5.18. The summed E-state index contributed by atoms with van der Waals surface area (Å²) in [5.41, 5.74) is 3.72.